The molecule has 0 bridgehead atoms. The molecule has 1 heterocycles. The number of aliphatic hydroxyl groups is 1. The fraction of sp³-hybridized carbons (Fsp3) is 0.391. The highest BCUT2D eigenvalue weighted by molar-refractivity contribution is 5.23. The topological polar surface area (TPSA) is 44.7 Å². The highest BCUT2D eigenvalue weighted by atomic mass is 19.1. The monoisotopic (exact) mass is 402 g/mol. The molecule has 3 atom stereocenters. The molecule has 0 aromatic heterocycles. The van der Waals surface area contributed by atoms with Crippen molar-refractivity contribution in [3.63, 3.8) is 0 Å². The average molecular weight is 402 g/mol. The van der Waals surface area contributed by atoms with E-state index in [2.05, 4.69) is 24.4 Å². The SMILES string of the molecule is CCc1cccc(CNC[C@@H](O)[C@H](Cc2cc(F)cc(F)c2)N2C=COC2C)c1. The molecule has 3 rings (SSSR count). The highest BCUT2D eigenvalue weighted by Crippen LogP contribution is 2.22. The number of rotatable bonds is 9. The van der Waals surface area contributed by atoms with Gasteiger partial charge in [0.05, 0.1) is 12.1 Å². The summed E-state index contributed by atoms with van der Waals surface area (Å²) in [5.74, 6) is -1.24. The number of hydrogen-bond acceptors (Lipinski definition) is 4. The average Bonchev–Trinajstić information content (AvgIpc) is 3.11. The number of ether oxygens (including phenoxy) is 1. The summed E-state index contributed by atoms with van der Waals surface area (Å²) in [5, 5.41) is 14.2. The normalized spacial score (nSPS) is 18.0. The number of nitrogens with zero attached hydrogens (tertiary/aromatic N) is 1. The molecule has 4 nitrogen and oxygen atoms in total. The van der Waals surface area contributed by atoms with Gasteiger partial charge in [0.25, 0.3) is 0 Å². The van der Waals surface area contributed by atoms with Crippen molar-refractivity contribution in [2.75, 3.05) is 6.54 Å². The number of aryl methyl sites for hydroxylation is 1. The lowest BCUT2D eigenvalue weighted by Crippen LogP contribution is -2.48. The largest absolute Gasteiger partial charge is 0.477 e. The molecule has 2 aromatic rings. The van der Waals surface area contributed by atoms with Crippen LogP contribution in [0.25, 0.3) is 0 Å². The Balaban J connectivity index is 1.67. The molecule has 6 heteroatoms. The van der Waals surface area contributed by atoms with Crippen LogP contribution in [0.1, 0.15) is 30.5 Å². The first-order valence-corrected chi connectivity index (χ1v) is 9.97. The fourth-order valence-electron chi connectivity index (χ4n) is 3.66. The molecule has 0 fully saturated rings. The minimum absolute atomic E-state index is 0.255. The van der Waals surface area contributed by atoms with E-state index in [0.717, 1.165) is 18.1 Å². The first-order chi connectivity index (χ1) is 14.0. The van der Waals surface area contributed by atoms with Crippen LogP contribution < -0.4 is 5.32 Å². The highest BCUT2D eigenvalue weighted by Gasteiger charge is 2.30. The van der Waals surface area contributed by atoms with E-state index >= 15 is 0 Å². The summed E-state index contributed by atoms with van der Waals surface area (Å²) in [7, 11) is 0. The second-order valence-electron chi connectivity index (χ2n) is 7.39. The van der Waals surface area contributed by atoms with Gasteiger partial charge in [-0.3, -0.25) is 0 Å². The molecule has 0 saturated heterocycles. The van der Waals surface area contributed by atoms with E-state index in [-0.39, 0.29) is 12.3 Å². The summed E-state index contributed by atoms with van der Waals surface area (Å²) in [5.41, 5.74) is 2.91. The van der Waals surface area contributed by atoms with Gasteiger partial charge in [0.2, 0.25) is 0 Å². The molecule has 1 aliphatic rings. The van der Waals surface area contributed by atoms with E-state index in [4.69, 9.17) is 4.74 Å². The standard InChI is InChI=1S/C23H28F2N2O2/c1-3-17-5-4-6-18(9-17)14-26-15-23(28)22(27-7-8-29-16(27)2)12-19-10-20(24)13-21(25)11-19/h4-11,13,16,22-23,26,28H,3,12,14-15H2,1-2H3/t16?,22-,23+/m0/s1. The lowest BCUT2D eigenvalue weighted by atomic mass is 9.99. The summed E-state index contributed by atoms with van der Waals surface area (Å²) in [6.45, 7) is 4.96. The Hall–Kier alpha value is -2.44. The number of hydrogen-bond donors (Lipinski definition) is 2. The summed E-state index contributed by atoms with van der Waals surface area (Å²) in [4.78, 5) is 1.88. The van der Waals surface area contributed by atoms with Crippen LogP contribution in [0.4, 0.5) is 8.78 Å². The van der Waals surface area contributed by atoms with Gasteiger partial charge >= 0.3 is 0 Å². The number of aliphatic hydroxyl groups excluding tert-OH is 1. The smallest absolute Gasteiger partial charge is 0.168 e. The van der Waals surface area contributed by atoms with Gasteiger partial charge in [-0.25, -0.2) is 8.78 Å². The first-order valence-electron chi connectivity index (χ1n) is 9.97. The molecule has 156 valence electrons. The van der Waals surface area contributed by atoms with E-state index in [1.807, 2.05) is 24.0 Å². The summed E-state index contributed by atoms with van der Waals surface area (Å²) >= 11 is 0. The van der Waals surface area contributed by atoms with Gasteiger partial charge in [-0.05, 0) is 48.6 Å². The third-order valence-corrected chi connectivity index (χ3v) is 5.20. The van der Waals surface area contributed by atoms with Crippen LogP contribution in [0.5, 0.6) is 0 Å². The van der Waals surface area contributed by atoms with Crippen LogP contribution in [0.3, 0.4) is 0 Å². The van der Waals surface area contributed by atoms with Crippen LogP contribution in [0, 0.1) is 11.6 Å². The maximum Gasteiger partial charge on any atom is 0.168 e. The minimum atomic E-state index is -0.760. The van der Waals surface area contributed by atoms with E-state index in [0.29, 0.717) is 25.1 Å². The molecule has 2 N–H and O–H groups in total. The predicted molar refractivity (Wildman–Crippen MR) is 109 cm³/mol. The zero-order valence-electron chi connectivity index (χ0n) is 16.8. The Bertz CT molecular complexity index is 823. The van der Waals surface area contributed by atoms with Gasteiger partial charge < -0.3 is 20.1 Å². The molecule has 1 unspecified atom stereocenters. The van der Waals surface area contributed by atoms with Crippen molar-refractivity contribution in [1.29, 1.82) is 0 Å². The van der Waals surface area contributed by atoms with Crippen molar-refractivity contribution in [2.45, 2.75) is 51.6 Å². The summed E-state index contributed by atoms with van der Waals surface area (Å²) < 4.78 is 32.7. The van der Waals surface area contributed by atoms with Crippen molar-refractivity contribution in [1.82, 2.24) is 10.2 Å². The lowest BCUT2D eigenvalue weighted by Gasteiger charge is -2.34. The van der Waals surface area contributed by atoms with Crippen molar-refractivity contribution < 1.29 is 18.6 Å². The van der Waals surface area contributed by atoms with Crippen LogP contribution in [0.15, 0.2) is 54.9 Å². The Kier molecular flexibility index (Phi) is 7.23. The molecule has 0 spiro atoms. The maximum absolute atomic E-state index is 13.6. The van der Waals surface area contributed by atoms with E-state index in [9.17, 15) is 13.9 Å². The van der Waals surface area contributed by atoms with Crippen LogP contribution >= 0.6 is 0 Å². The number of nitrogens with one attached hydrogen (secondary N) is 1. The van der Waals surface area contributed by atoms with Crippen LogP contribution in [-0.2, 0) is 24.1 Å². The molecular weight excluding hydrogens is 374 g/mol. The minimum Gasteiger partial charge on any atom is -0.477 e. The van der Waals surface area contributed by atoms with Gasteiger partial charge in [0.1, 0.15) is 17.9 Å². The van der Waals surface area contributed by atoms with Crippen molar-refractivity contribution >= 4 is 0 Å². The number of benzene rings is 2. The quantitative estimate of drug-likeness (QED) is 0.671. The second-order valence-corrected chi connectivity index (χ2v) is 7.39. The van der Waals surface area contributed by atoms with Crippen molar-refractivity contribution in [2.24, 2.45) is 0 Å². The number of halogens is 2. The summed E-state index contributed by atoms with van der Waals surface area (Å²) in [6, 6.07) is 11.4. The first kappa shape index (κ1) is 21.3. The molecular formula is C23H28F2N2O2. The van der Waals surface area contributed by atoms with Gasteiger partial charge in [0, 0.05) is 25.4 Å². The lowest BCUT2D eigenvalue weighted by molar-refractivity contribution is -0.00346. The molecule has 0 aliphatic carbocycles. The fourth-order valence-corrected chi connectivity index (χ4v) is 3.66. The predicted octanol–water partition coefficient (Wildman–Crippen LogP) is 3.74. The zero-order valence-corrected chi connectivity index (χ0v) is 16.8. The Morgan fingerprint density at radius 1 is 1.10 bits per heavy atom. The van der Waals surface area contributed by atoms with Crippen LogP contribution in [0.2, 0.25) is 0 Å². The Morgan fingerprint density at radius 3 is 2.48 bits per heavy atom. The third-order valence-electron chi connectivity index (χ3n) is 5.20. The summed E-state index contributed by atoms with van der Waals surface area (Å²) in [6.07, 6.45) is 3.58. The van der Waals surface area contributed by atoms with Gasteiger partial charge in [-0.15, -0.1) is 0 Å². The molecule has 0 amide bonds. The maximum atomic E-state index is 13.6. The molecule has 0 saturated carbocycles. The van der Waals surface area contributed by atoms with Gasteiger partial charge in [0.15, 0.2) is 6.23 Å². The van der Waals surface area contributed by atoms with E-state index in [1.54, 1.807) is 12.5 Å². The third kappa shape index (κ3) is 5.78. The van der Waals surface area contributed by atoms with E-state index in [1.165, 1.54) is 17.7 Å². The zero-order chi connectivity index (χ0) is 20.8. The Morgan fingerprint density at radius 2 is 1.83 bits per heavy atom. The van der Waals surface area contributed by atoms with Crippen molar-refractivity contribution in [3.8, 4) is 0 Å². The second kappa shape index (κ2) is 9.85. The molecule has 1 aliphatic heterocycles. The Labute approximate surface area is 170 Å². The van der Waals surface area contributed by atoms with E-state index < -0.39 is 17.7 Å². The van der Waals surface area contributed by atoms with Gasteiger partial charge in [-0.1, -0.05) is 31.2 Å². The van der Waals surface area contributed by atoms with Gasteiger partial charge in [-0.2, -0.15) is 0 Å². The van der Waals surface area contributed by atoms with Crippen LogP contribution in [-0.4, -0.2) is 34.9 Å². The molecule has 29 heavy (non-hydrogen) atoms. The molecule has 0 radical (unpaired) electrons. The molecule has 2 aromatic carbocycles. The van der Waals surface area contributed by atoms with Crippen molar-refractivity contribution in [3.05, 3.63) is 83.3 Å².